The van der Waals surface area contributed by atoms with E-state index in [0.717, 1.165) is 21.0 Å². The van der Waals surface area contributed by atoms with Crippen molar-refractivity contribution in [3.05, 3.63) is 77.3 Å². The Morgan fingerprint density at radius 2 is 1.76 bits per heavy atom. The van der Waals surface area contributed by atoms with Gasteiger partial charge in [0, 0.05) is 10.8 Å². The number of para-hydroxylation sites is 1. The summed E-state index contributed by atoms with van der Waals surface area (Å²) in [4.78, 5) is 29.0. The summed E-state index contributed by atoms with van der Waals surface area (Å²) in [5, 5.41) is 9.05. The number of aromatic nitrogens is 3. The fourth-order valence-corrected chi connectivity index (χ4v) is 2.72. The number of hydrogen-bond donors (Lipinski definition) is 1. The van der Waals surface area contributed by atoms with Crippen molar-refractivity contribution >= 4 is 33.3 Å². The van der Waals surface area contributed by atoms with Gasteiger partial charge >= 0.3 is 0 Å². The van der Waals surface area contributed by atoms with E-state index in [1.165, 1.54) is 0 Å². The first kappa shape index (κ1) is 15.0. The lowest BCUT2D eigenvalue weighted by Gasteiger charge is -2.08. The van der Waals surface area contributed by atoms with Crippen molar-refractivity contribution in [2.45, 2.75) is 6.54 Å². The summed E-state index contributed by atoms with van der Waals surface area (Å²) in [7, 11) is 0. The standard InChI is InChI=1S/C19H14N4O2/c24-18(22-15-9-13-5-2-4-8-17(13)20-11-15)12-23-19(25)16-7-3-1-6-14(16)10-21-23/h1-11H,12H2,(H,22,24). The third-order valence-electron chi connectivity index (χ3n) is 3.93. The second-order valence-corrected chi connectivity index (χ2v) is 5.66. The molecule has 4 aromatic rings. The minimum Gasteiger partial charge on any atom is -0.323 e. The van der Waals surface area contributed by atoms with Crippen molar-refractivity contribution in [1.82, 2.24) is 14.8 Å². The number of amides is 1. The van der Waals surface area contributed by atoms with Crippen molar-refractivity contribution in [1.29, 1.82) is 0 Å². The number of nitrogens with zero attached hydrogens (tertiary/aromatic N) is 3. The molecule has 0 aliphatic heterocycles. The molecule has 2 heterocycles. The highest BCUT2D eigenvalue weighted by atomic mass is 16.2. The Morgan fingerprint density at radius 3 is 2.64 bits per heavy atom. The van der Waals surface area contributed by atoms with Crippen molar-refractivity contribution in [3.8, 4) is 0 Å². The minimum atomic E-state index is -0.332. The van der Waals surface area contributed by atoms with Gasteiger partial charge in [0.1, 0.15) is 6.54 Å². The van der Waals surface area contributed by atoms with Crippen LogP contribution in [0.1, 0.15) is 0 Å². The molecule has 0 aliphatic rings. The van der Waals surface area contributed by atoms with Gasteiger partial charge in [0.15, 0.2) is 0 Å². The Morgan fingerprint density at radius 1 is 1.00 bits per heavy atom. The van der Waals surface area contributed by atoms with Crippen LogP contribution in [0.3, 0.4) is 0 Å². The molecule has 2 aromatic carbocycles. The number of fused-ring (bicyclic) bond motifs is 2. The molecule has 25 heavy (non-hydrogen) atoms. The fraction of sp³-hybridized carbons (Fsp3) is 0.0526. The number of benzene rings is 2. The lowest BCUT2D eigenvalue weighted by Crippen LogP contribution is -2.29. The molecule has 4 rings (SSSR count). The molecule has 0 radical (unpaired) electrons. The monoisotopic (exact) mass is 330 g/mol. The van der Waals surface area contributed by atoms with E-state index >= 15 is 0 Å². The molecule has 0 bridgehead atoms. The summed E-state index contributed by atoms with van der Waals surface area (Å²) in [6.07, 6.45) is 3.18. The topological polar surface area (TPSA) is 76.9 Å². The molecule has 1 amide bonds. The molecule has 0 saturated heterocycles. The van der Waals surface area contributed by atoms with Crippen LogP contribution in [0.2, 0.25) is 0 Å². The van der Waals surface area contributed by atoms with Crippen LogP contribution >= 0.6 is 0 Å². The number of carbonyl (C=O) groups is 1. The van der Waals surface area contributed by atoms with Gasteiger partial charge in [-0.15, -0.1) is 0 Å². The lowest BCUT2D eigenvalue weighted by molar-refractivity contribution is -0.117. The Labute approximate surface area is 142 Å². The van der Waals surface area contributed by atoms with Crippen LogP contribution in [-0.4, -0.2) is 20.7 Å². The highest BCUT2D eigenvalue weighted by molar-refractivity contribution is 5.93. The molecule has 0 aliphatic carbocycles. The van der Waals surface area contributed by atoms with Crippen LogP contribution in [0, 0.1) is 0 Å². The predicted octanol–water partition coefficient (Wildman–Crippen LogP) is 2.58. The fourth-order valence-electron chi connectivity index (χ4n) is 2.72. The predicted molar refractivity (Wildman–Crippen MR) is 96.4 cm³/mol. The maximum absolute atomic E-state index is 12.4. The number of pyridine rings is 1. The van der Waals surface area contributed by atoms with Gasteiger partial charge in [-0.3, -0.25) is 14.6 Å². The van der Waals surface area contributed by atoms with E-state index in [9.17, 15) is 9.59 Å². The first-order chi connectivity index (χ1) is 12.2. The molecule has 0 fully saturated rings. The molecule has 6 nitrogen and oxygen atoms in total. The van der Waals surface area contributed by atoms with Gasteiger partial charge in [-0.25, -0.2) is 4.68 Å². The van der Waals surface area contributed by atoms with Crippen LogP contribution < -0.4 is 10.9 Å². The average Bonchev–Trinajstić information content (AvgIpc) is 2.64. The van der Waals surface area contributed by atoms with Crippen molar-refractivity contribution in [2.75, 3.05) is 5.32 Å². The van der Waals surface area contributed by atoms with E-state index in [1.54, 1.807) is 24.5 Å². The zero-order valence-corrected chi connectivity index (χ0v) is 13.2. The second kappa shape index (κ2) is 6.16. The van der Waals surface area contributed by atoms with Crippen LogP contribution in [-0.2, 0) is 11.3 Å². The average molecular weight is 330 g/mol. The molecule has 0 atom stereocenters. The van der Waals surface area contributed by atoms with Gasteiger partial charge in [-0.2, -0.15) is 5.10 Å². The molecular weight excluding hydrogens is 316 g/mol. The quantitative estimate of drug-likeness (QED) is 0.626. The van der Waals surface area contributed by atoms with Gasteiger partial charge in [0.25, 0.3) is 5.56 Å². The molecule has 0 saturated carbocycles. The SMILES string of the molecule is O=C(Cn1ncc2ccccc2c1=O)Nc1cnc2ccccc2c1. The van der Waals surface area contributed by atoms with Crippen LogP contribution in [0.5, 0.6) is 0 Å². The highest BCUT2D eigenvalue weighted by Gasteiger charge is 2.09. The Hall–Kier alpha value is -3.54. The van der Waals surface area contributed by atoms with Gasteiger partial charge in [0.05, 0.1) is 29.0 Å². The van der Waals surface area contributed by atoms with Crippen molar-refractivity contribution < 1.29 is 4.79 Å². The number of carbonyl (C=O) groups excluding carboxylic acids is 1. The summed E-state index contributed by atoms with van der Waals surface area (Å²) in [6, 6.07) is 16.7. The number of rotatable bonds is 3. The summed E-state index contributed by atoms with van der Waals surface area (Å²) in [6.45, 7) is -0.156. The Balaban J connectivity index is 1.57. The third kappa shape index (κ3) is 2.97. The maximum Gasteiger partial charge on any atom is 0.275 e. The van der Waals surface area contributed by atoms with Gasteiger partial charge < -0.3 is 5.32 Å². The zero-order valence-electron chi connectivity index (χ0n) is 13.2. The first-order valence-corrected chi connectivity index (χ1v) is 7.80. The van der Waals surface area contributed by atoms with E-state index < -0.39 is 0 Å². The molecule has 0 spiro atoms. The van der Waals surface area contributed by atoms with Gasteiger partial charge in [-0.05, 0) is 18.2 Å². The number of hydrogen-bond acceptors (Lipinski definition) is 4. The molecule has 6 heteroatoms. The van der Waals surface area contributed by atoms with Crippen LogP contribution in [0.25, 0.3) is 21.7 Å². The molecule has 1 N–H and O–H groups in total. The van der Waals surface area contributed by atoms with Crippen molar-refractivity contribution in [2.24, 2.45) is 0 Å². The second-order valence-electron chi connectivity index (χ2n) is 5.66. The van der Waals surface area contributed by atoms with E-state index in [2.05, 4.69) is 15.4 Å². The normalized spacial score (nSPS) is 10.9. The Kier molecular flexibility index (Phi) is 3.70. The van der Waals surface area contributed by atoms with E-state index in [0.29, 0.717) is 11.1 Å². The lowest BCUT2D eigenvalue weighted by atomic mass is 10.2. The maximum atomic E-state index is 12.4. The molecule has 2 aromatic heterocycles. The van der Waals surface area contributed by atoms with Crippen molar-refractivity contribution in [3.63, 3.8) is 0 Å². The largest absolute Gasteiger partial charge is 0.323 e. The van der Waals surface area contributed by atoms with Gasteiger partial charge in [-0.1, -0.05) is 36.4 Å². The summed E-state index contributed by atoms with van der Waals surface area (Å²) < 4.78 is 1.16. The van der Waals surface area contributed by atoms with E-state index in [-0.39, 0.29) is 18.0 Å². The number of anilines is 1. The highest BCUT2D eigenvalue weighted by Crippen LogP contribution is 2.16. The van der Waals surface area contributed by atoms with Gasteiger partial charge in [0.2, 0.25) is 5.91 Å². The third-order valence-corrected chi connectivity index (χ3v) is 3.93. The minimum absolute atomic E-state index is 0.156. The zero-order chi connectivity index (χ0) is 17.2. The molecule has 122 valence electrons. The molecule has 0 unspecified atom stereocenters. The number of nitrogens with one attached hydrogen (secondary N) is 1. The van der Waals surface area contributed by atoms with Crippen LogP contribution in [0.4, 0.5) is 5.69 Å². The first-order valence-electron chi connectivity index (χ1n) is 7.80. The summed E-state index contributed by atoms with van der Waals surface area (Å²) in [5.41, 5.74) is 1.15. The summed E-state index contributed by atoms with van der Waals surface area (Å²) in [5.74, 6) is -0.332. The Bertz CT molecular complexity index is 1150. The summed E-state index contributed by atoms with van der Waals surface area (Å²) >= 11 is 0. The van der Waals surface area contributed by atoms with E-state index in [4.69, 9.17) is 0 Å². The van der Waals surface area contributed by atoms with E-state index in [1.807, 2.05) is 42.5 Å². The van der Waals surface area contributed by atoms with Crippen LogP contribution in [0.15, 0.2) is 71.8 Å². The molecular formula is C19H14N4O2. The smallest absolute Gasteiger partial charge is 0.275 e.